The number of carbonyl (C=O) groups is 1. The molecule has 4 nitrogen and oxygen atoms in total. The minimum atomic E-state index is -0.336. The Labute approximate surface area is 123 Å². The first-order valence-corrected chi connectivity index (χ1v) is 6.56. The molecule has 1 aromatic carbocycles. The minimum Gasteiger partial charge on any atom is -0.481 e. The number of ether oxygens (including phenoxy) is 1. The lowest BCUT2D eigenvalue weighted by molar-refractivity contribution is -0.129. The van der Waals surface area contributed by atoms with Gasteiger partial charge in [-0.15, -0.1) is 0 Å². The van der Waals surface area contributed by atoms with Gasteiger partial charge in [0.15, 0.2) is 0 Å². The Morgan fingerprint density at radius 1 is 1.33 bits per heavy atom. The Balaban J connectivity index is 2.02. The number of likely N-dealkylation sites (N-methyl/N-ethyl adjacent to an activating group) is 1. The first-order chi connectivity index (χ1) is 10.1. The highest BCUT2D eigenvalue weighted by atomic mass is 19.1. The van der Waals surface area contributed by atoms with Crippen LogP contribution < -0.4 is 4.74 Å². The number of amides is 1. The number of benzene rings is 1. The van der Waals surface area contributed by atoms with Gasteiger partial charge in [-0.05, 0) is 23.8 Å². The van der Waals surface area contributed by atoms with Gasteiger partial charge in [-0.25, -0.2) is 9.37 Å². The lowest BCUT2D eigenvalue weighted by atomic mass is 10.1. The Bertz CT molecular complexity index is 631. The van der Waals surface area contributed by atoms with E-state index < -0.39 is 0 Å². The van der Waals surface area contributed by atoms with E-state index in [1.165, 1.54) is 12.1 Å². The number of aromatic nitrogens is 1. The third-order valence-electron chi connectivity index (χ3n) is 3.12. The first-order valence-electron chi connectivity index (χ1n) is 6.56. The van der Waals surface area contributed by atoms with Gasteiger partial charge >= 0.3 is 0 Å². The number of methoxy groups -OCH3 is 1. The molecule has 0 aliphatic rings. The summed E-state index contributed by atoms with van der Waals surface area (Å²) in [5.41, 5.74) is 1.49. The summed E-state index contributed by atoms with van der Waals surface area (Å²) in [6.45, 7) is 0.394. The van der Waals surface area contributed by atoms with Crippen molar-refractivity contribution in [2.24, 2.45) is 0 Å². The van der Waals surface area contributed by atoms with E-state index in [9.17, 15) is 9.18 Å². The third kappa shape index (κ3) is 4.02. The van der Waals surface area contributed by atoms with Crippen molar-refractivity contribution in [3.8, 4) is 5.88 Å². The monoisotopic (exact) mass is 288 g/mol. The second-order valence-corrected chi connectivity index (χ2v) is 4.73. The molecule has 21 heavy (non-hydrogen) atoms. The molecule has 110 valence electrons. The van der Waals surface area contributed by atoms with Gasteiger partial charge < -0.3 is 9.64 Å². The molecule has 1 heterocycles. The maximum Gasteiger partial charge on any atom is 0.227 e. The van der Waals surface area contributed by atoms with Crippen molar-refractivity contribution in [3.05, 3.63) is 59.5 Å². The molecule has 0 saturated heterocycles. The number of hydrogen-bond acceptors (Lipinski definition) is 3. The van der Waals surface area contributed by atoms with Crippen LogP contribution in [0.25, 0.3) is 0 Å². The predicted octanol–water partition coefficient (Wildman–Crippen LogP) is 2.43. The minimum absolute atomic E-state index is 0.0912. The highest BCUT2D eigenvalue weighted by Crippen LogP contribution is 2.16. The summed E-state index contributed by atoms with van der Waals surface area (Å²) in [6.07, 6.45) is 1.80. The highest BCUT2D eigenvalue weighted by Gasteiger charge is 2.13. The molecular weight excluding hydrogens is 271 g/mol. The zero-order valence-electron chi connectivity index (χ0n) is 12.0. The molecule has 0 atom stereocenters. The van der Waals surface area contributed by atoms with Crippen molar-refractivity contribution >= 4 is 5.91 Å². The van der Waals surface area contributed by atoms with Gasteiger partial charge in [-0.2, -0.15) is 0 Å². The van der Waals surface area contributed by atoms with Crippen molar-refractivity contribution < 1.29 is 13.9 Å². The number of carbonyl (C=O) groups excluding carboxylic acids is 1. The van der Waals surface area contributed by atoms with E-state index in [1.807, 2.05) is 6.07 Å². The van der Waals surface area contributed by atoms with Crippen LogP contribution in [0, 0.1) is 5.82 Å². The fourth-order valence-corrected chi connectivity index (χ4v) is 2.03. The summed E-state index contributed by atoms with van der Waals surface area (Å²) < 4.78 is 18.3. The van der Waals surface area contributed by atoms with Crippen LogP contribution in [0.1, 0.15) is 11.1 Å². The Kier molecular flexibility index (Phi) is 4.87. The number of hydrogen-bond donors (Lipinski definition) is 0. The number of nitrogens with zero attached hydrogens (tertiary/aromatic N) is 2. The maximum atomic E-state index is 13.1. The van der Waals surface area contributed by atoms with E-state index in [0.717, 1.165) is 5.56 Å². The molecule has 1 aromatic heterocycles. The van der Waals surface area contributed by atoms with Crippen LogP contribution in [0.3, 0.4) is 0 Å². The van der Waals surface area contributed by atoms with E-state index >= 15 is 0 Å². The van der Waals surface area contributed by atoms with Gasteiger partial charge in [-0.1, -0.05) is 18.2 Å². The molecule has 0 saturated carbocycles. The first kappa shape index (κ1) is 15.0. The standard InChI is InChI=1S/C16H17FN2O2/c1-19(11-13-6-4-8-18-16(13)21-2)15(20)10-12-5-3-7-14(17)9-12/h3-9H,10-11H2,1-2H3. The van der Waals surface area contributed by atoms with Gasteiger partial charge in [-0.3, -0.25) is 4.79 Å². The lowest BCUT2D eigenvalue weighted by Crippen LogP contribution is -2.28. The molecule has 0 unspecified atom stereocenters. The quantitative estimate of drug-likeness (QED) is 0.848. The molecule has 0 spiro atoms. The SMILES string of the molecule is COc1ncccc1CN(C)C(=O)Cc1cccc(F)c1. The van der Waals surface area contributed by atoms with Crippen molar-refractivity contribution in [1.82, 2.24) is 9.88 Å². The molecule has 2 rings (SSSR count). The normalized spacial score (nSPS) is 10.2. The topological polar surface area (TPSA) is 42.4 Å². The lowest BCUT2D eigenvalue weighted by Gasteiger charge is -2.18. The molecule has 0 aliphatic heterocycles. The van der Waals surface area contributed by atoms with Gasteiger partial charge in [0.1, 0.15) is 5.82 Å². The molecule has 0 fully saturated rings. The summed E-state index contributed by atoms with van der Waals surface area (Å²) in [4.78, 5) is 17.8. The molecule has 0 radical (unpaired) electrons. The molecular formula is C16H17FN2O2. The number of halogens is 1. The second kappa shape index (κ2) is 6.83. The van der Waals surface area contributed by atoms with Crippen LogP contribution in [0.2, 0.25) is 0 Å². The summed E-state index contributed by atoms with van der Waals surface area (Å²) in [7, 11) is 3.24. The van der Waals surface area contributed by atoms with E-state index in [2.05, 4.69) is 4.98 Å². The number of pyridine rings is 1. The van der Waals surface area contributed by atoms with Crippen LogP contribution >= 0.6 is 0 Å². The van der Waals surface area contributed by atoms with Crippen molar-refractivity contribution in [2.45, 2.75) is 13.0 Å². The average Bonchev–Trinajstić information content (AvgIpc) is 2.47. The molecule has 2 aromatic rings. The Hall–Kier alpha value is -2.43. The molecule has 0 bridgehead atoms. The summed E-state index contributed by atoms with van der Waals surface area (Å²) in [5, 5.41) is 0. The van der Waals surface area contributed by atoms with Crippen LogP contribution in [0.15, 0.2) is 42.6 Å². The zero-order chi connectivity index (χ0) is 15.2. The maximum absolute atomic E-state index is 13.1. The fourth-order valence-electron chi connectivity index (χ4n) is 2.03. The van der Waals surface area contributed by atoms with Gasteiger partial charge in [0.05, 0.1) is 20.1 Å². The van der Waals surface area contributed by atoms with E-state index in [4.69, 9.17) is 4.74 Å². The molecule has 0 N–H and O–H groups in total. The zero-order valence-corrected chi connectivity index (χ0v) is 12.0. The largest absolute Gasteiger partial charge is 0.481 e. The third-order valence-corrected chi connectivity index (χ3v) is 3.12. The van der Waals surface area contributed by atoms with Crippen LogP contribution in [-0.2, 0) is 17.8 Å². The second-order valence-electron chi connectivity index (χ2n) is 4.73. The smallest absolute Gasteiger partial charge is 0.227 e. The summed E-state index contributed by atoms with van der Waals surface area (Å²) in [6, 6.07) is 9.72. The van der Waals surface area contributed by atoms with Crippen LogP contribution in [0.5, 0.6) is 5.88 Å². The average molecular weight is 288 g/mol. The van der Waals surface area contributed by atoms with Crippen molar-refractivity contribution in [3.63, 3.8) is 0 Å². The number of rotatable bonds is 5. The van der Waals surface area contributed by atoms with Crippen LogP contribution in [-0.4, -0.2) is 29.9 Å². The fraction of sp³-hybridized carbons (Fsp3) is 0.250. The summed E-state index contributed by atoms with van der Waals surface area (Å²) >= 11 is 0. The molecule has 0 aliphatic carbocycles. The van der Waals surface area contributed by atoms with E-state index in [1.54, 1.807) is 43.5 Å². The van der Waals surface area contributed by atoms with Gasteiger partial charge in [0.2, 0.25) is 11.8 Å². The Morgan fingerprint density at radius 2 is 2.14 bits per heavy atom. The summed E-state index contributed by atoms with van der Waals surface area (Å²) in [5.74, 6) is 0.0753. The van der Waals surface area contributed by atoms with Crippen LogP contribution in [0.4, 0.5) is 4.39 Å². The van der Waals surface area contributed by atoms with Crippen molar-refractivity contribution in [2.75, 3.05) is 14.2 Å². The predicted molar refractivity (Wildman–Crippen MR) is 77.4 cm³/mol. The Morgan fingerprint density at radius 3 is 2.86 bits per heavy atom. The van der Waals surface area contributed by atoms with Crippen molar-refractivity contribution in [1.29, 1.82) is 0 Å². The molecule has 1 amide bonds. The highest BCUT2D eigenvalue weighted by molar-refractivity contribution is 5.78. The van der Waals surface area contributed by atoms with E-state index in [0.29, 0.717) is 18.0 Å². The molecule has 5 heteroatoms. The van der Waals surface area contributed by atoms with Gasteiger partial charge in [0.25, 0.3) is 0 Å². The van der Waals surface area contributed by atoms with E-state index in [-0.39, 0.29) is 18.1 Å². The van der Waals surface area contributed by atoms with Gasteiger partial charge in [0, 0.05) is 18.8 Å².